The number of hydrogen-bond donors (Lipinski definition) is 1. The lowest BCUT2D eigenvalue weighted by molar-refractivity contribution is -0.121. The minimum atomic E-state index is -3.92. The van der Waals surface area contributed by atoms with E-state index in [1.807, 2.05) is 6.07 Å². The lowest BCUT2D eigenvalue weighted by atomic mass is 10.0. The summed E-state index contributed by atoms with van der Waals surface area (Å²) in [5.74, 6) is -2.10. The van der Waals surface area contributed by atoms with Crippen LogP contribution in [0, 0.1) is 5.92 Å². The molecule has 1 atom stereocenters. The molecule has 0 aliphatic heterocycles. The van der Waals surface area contributed by atoms with E-state index in [0.717, 1.165) is 11.6 Å². The first-order valence-electron chi connectivity index (χ1n) is 7.29. The SMILES string of the molecule is NC(=O)C(Cc1ccccc1)CS(=O)(=O)c1cc(OC=O)ccc1Cl. The highest BCUT2D eigenvalue weighted by Gasteiger charge is 2.27. The van der Waals surface area contributed by atoms with Crippen LogP contribution in [0.1, 0.15) is 5.56 Å². The monoisotopic (exact) mass is 381 g/mol. The first kappa shape index (κ1) is 19.0. The van der Waals surface area contributed by atoms with E-state index in [1.54, 1.807) is 24.3 Å². The Kier molecular flexibility index (Phi) is 6.17. The summed E-state index contributed by atoms with van der Waals surface area (Å²) in [6.45, 7) is 0.182. The van der Waals surface area contributed by atoms with E-state index in [9.17, 15) is 18.0 Å². The van der Waals surface area contributed by atoms with Crippen molar-refractivity contribution in [1.82, 2.24) is 0 Å². The van der Waals surface area contributed by atoms with Gasteiger partial charge in [-0.15, -0.1) is 0 Å². The van der Waals surface area contributed by atoms with E-state index in [4.69, 9.17) is 17.3 Å². The summed E-state index contributed by atoms with van der Waals surface area (Å²) in [6.07, 6.45) is 0.192. The highest BCUT2D eigenvalue weighted by atomic mass is 35.5. The first-order valence-corrected chi connectivity index (χ1v) is 9.32. The quantitative estimate of drug-likeness (QED) is 0.704. The van der Waals surface area contributed by atoms with Crippen LogP contribution in [0.4, 0.5) is 0 Å². The highest BCUT2D eigenvalue weighted by Crippen LogP contribution is 2.28. The number of carbonyl (C=O) groups is 2. The largest absolute Gasteiger partial charge is 0.429 e. The summed E-state index contributed by atoms with van der Waals surface area (Å²) in [5, 5.41) is -0.0267. The maximum Gasteiger partial charge on any atom is 0.298 e. The van der Waals surface area contributed by atoms with Crippen molar-refractivity contribution >= 4 is 33.8 Å². The van der Waals surface area contributed by atoms with Crippen molar-refractivity contribution in [3.63, 3.8) is 0 Å². The van der Waals surface area contributed by atoms with Crippen molar-refractivity contribution in [2.45, 2.75) is 11.3 Å². The average Bonchev–Trinajstić information content (AvgIpc) is 2.57. The second-order valence-corrected chi connectivity index (χ2v) is 7.79. The summed E-state index contributed by atoms with van der Waals surface area (Å²) < 4.78 is 30.0. The van der Waals surface area contributed by atoms with Gasteiger partial charge in [-0.2, -0.15) is 0 Å². The summed E-state index contributed by atoms with van der Waals surface area (Å²) in [5.41, 5.74) is 6.17. The number of sulfone groups is 1. The van der Waals surface area contributed by atoms with Gasteiger partial charge in [0.05, 0.1) is 21.6 Å². The van der Waals surface area contributed by atoms with E-state index >= 15 is 0 Å². The molecule has 2 aromatic rings. The topological polar surface area (TPSA) is 104 Å². The van der Waals surface area contributed by atoms with Crippen molar-refractivity contribution in [3.8, 4) is 5.75 Å². The normalized spacial score (nSPS) is 12.4. The zero-order valence-electron chi connectivity index (χ0n) is 13.1. The Hall–Kier alpha value is -2.38. The van der Waals surface area contributed by atoms with Gasteiger partial charge in [0.1, 0.15) is 5.75 Å². The molecule has 2 N–H and O–H groups in total. The van der Waals surface area contributed by atoms with E-state index in [0.29, 0.717) is 0 Å². The summed E-state index contributed by atoms with van der Waals surface area (Å²) in [4.78, 5) is 21.9. The molecule has 2 rings (SSSR count). The molecular weight excluding hydrogens is 366 g/mol. The first-order chi connectivity index (χ1) is 11.8. The van der Waals surface area contributed by atoms with Crippen molar-refractivity contribution in [2.75, 3.05) is 5.75 Å². The Balaban J connectivity index is 2.30. The third-order valence-electron chi connectivity index (χ3n) is 3.57. The number of nitrogens with two attached hydrogens (primary N) is 1. The van der Waals surface area contributed by atoms with Crippen LogP contribution in [-0.4, -0.2) is 26.6 Å². The van der Waals surface area contributed by atoms with E-state index in [2.05, 4.69) is 4.74 Å². The molecule has 0 saturated heterocycles. The molecule has 0 radical (unpaired) electrons. The summed E-state index contributed by atoms with van der Waals surface area (Å²) in [7, 11) is -3.92. The lowest BCUT2D eigenvalue weighted by Gasteiger charge is -2.15. The molecule has 25 heavy (non-hydrogen) atoms. The molecule has 0 fully saturated rings. The van der Waals surface area contributed by atoms with Gasteiger partial charge in [0.2, 0.25) is 5.91 Å². The highest BCUT2D eigenvalue weighted by molar-refractivity contribution is 7.91. The zero-order valence-corrected chi connectivity index (χ0v) is 14.7. The maximum absolute atomic E-state index is 12.7. The number of primary amides is 1. The van der Waals surface area contributed by atoms with Crippen LogP contribution < -0.4 is 10.5 Å². The van der Waals surface area contributed by atoms with Crippen molar-refractivity contribution in [3.05, 3.63) is 59.1 Å². The molecule has 1 unspecified atom stereocenters. The summed E-state index contributed by atoms with van der Waals surface area (Å²) >= 11 is 5.96. The van der Waals surface area contributed by atoms with Gasteiger partial charge in [-0.05, 0) is 24.1 Å². The van der Waals surface area contributed by atoms with Crippen LogP contribution >= 0.6 is 11.6 Å². The van der Waals surface area contributed by atoms with Gasteiger partial charge in [-0.3, -0.25) is 9.59 Å². The Labute approximate surface area is 150 Å². The predicted molar refractivity (Wildman–Crippen MR) is 93.0 cm³/mol. The number of carbonyl (C=O) groups excluding carboxylic acids is 2. The number of rotatable bonds is 8. The smallest absolute Gasteiger partial charge is 0.298 e. The van der Waals surface area contributed by atoms with Gasteiger partial charge in [0.15, 0.2) is 9.84 Å². The molecule has 0 saturated carbocycles. The Morgan fingerprint density at radius 1 is 1.20 bits per heavy atom. The Morgan fingerprint density at radius 2 is 1.88 bits per heavy atom. The lowest BCUT2D eigenvalue weighted by Crippen LogP contribution is -2.31. The maximum atomic E-state index is 12.7. The number of halogens is 1. The fourth-order valence-electron chi connectivity index (χ4n) is 2.35. The average molecular weight is 382 g/mol. The fraction of sp³-hybridized carbons (Fsp3) is 0.176. The van der Waals surface area contributed by atoms with Gasteiger partial charge in [0.25, 0.3) is 6.47 Å². The van der Waals surface area contributed by atoms with Crippen LogP contribution in [0.5, 0.6) is 5.75 Å². The van der Waals surface area contributed by atoms with Crippen LogP contribution in [0.3, 0.4) is 0 Å². The molecule has 6 nitrogen and oxygen atoms in total. The molecule has 132 valence electrons. The number of amides is 1. The van der Waals surface area contributed by atoms with Gasteiger partial charge in [-0.1, -0.05) is 41.9 Å². The molecule has 0 aliphatic carbocycles. The molecule has 0 spiro atoms. The van der Waals surface area contributed by atoms with E-state index in [-0.39, 0.29) is 28.6 Å². The van der Waals surface area contributed by atoms with Gasteiger partial charge in [-0.25, -0.2) is 8.42 Å². The number of hydrogen-bond acceptors (Lipinski definition) is 5. The standard InChI is InChI=1S/C17H16ClNO5S/c18-15-7-6-14(24-11-20)9-16(15)25(22,23)10-13(17(19)21)8-12-4-2-1-3-5-12/h1-7,9,11,13H,8,10H2,(H2,19,21). The molecule has 1 amide bonds. The Morgan fingerprint density at radius 3 is 2.48 bits per heavy atom. The minimum absolute atomic E-state index is 0.0267. The van der Waals surface area contributed by atoms with E-state index in [1.165, 1.54) is 12.1 Å². The van der Waals surface area contributed by atoms with Gasteiger partial charge >= 0.3 is 0 Å². The second kappa shape index (κ2) is 8.13. The molecular formula is C17H16ClNO5S. The van der Waals surface area contributed by atoms with Crippen LogP contribution in [0.2, 0.25) is 5.02 Å². The third-order valence-corrected chi connectivity index (χ3v) is 5.86. The van der Waals surface area contributed by atoms with Crippen LogP contribution in [-0.2, 0) is 25.8 Å². The van der Waals surface area contributed by atoms with Crippen molar-refractivity contribution in [2.24, 2.45) is 11.7 Å². The zero-order chi connectivity index (χ0) is 18.4. The molecule has 0 aliphatic rings. The minimum Gasteiger partial charge on any atom is -0.429 e. The molecule has 0 aromatic heterocycles. The predicted octanol–water partition coefficient (Wildman–Crippen LogP) is 1.99. The second-order valence-electron chi connectivity index (χ2n) is 5.38. The van der Waals surface area contributed by atoms with Crippen LogP contribution in [0.15, 0.2) is 53.4 Å². The molecule has 8 heteroatoms. The third kappa shape index (κ3) is 5.04. The molecule has 2 aromatic carbocycles. The fourth-order valence-corrected chi connectivity index (χ4v) is 4.47. The molecule has 0 heterocycles. The number of benzene rings is 2. The van der Waals surface area contributed by atoms with Gasteiger partial charge < -0.3 is 10.5 Å². The summed E-state index contributed by atoms with van der Waals surface area (Å²) in [6, 6.07) is 12.8. The Bertz CT molecular complexity index is 868. The molecule has 0 bridgehead atoms. The van der Waals surface area contributed by atoms with E-state index < -0.39 is 27.4 Å². The van der Waals surface area contributed by atoms with Gasteiger partial charge in [0, 0.05) is 6.07 Å². The van der Waals surface area contributed by atoms with Crippen molar-refractivity contribution in [1.29, 1.82) is 0 Å². The van der Waals surface area contributed by atoms with Crippen molar-refractivity contribution < 1.29 is 22.7 Å². The number of ether oxygens (including phenoxy) is 1. The van der Waals surface area contributed by atoms with Crippen LogP contribution in [0.25, 0.3) is 0 Å².